The SMILES string of the molecule is O=C1NC(O)C/C1=C\c1cnn2c(NC3CC3)cc(Nc3ccccc3Cl)nc12. The van der Waals surface area contributed by atoms with E-state index in [-0.39, 0.29) is 12.3 Å². The highest BCUT2D eigenvalue weighted by molar-refractivity contribution is 6.33. The zero-order valence-corrected chi connectivity index (χ0v) is 16.1. The zero-order valence-electron chi connectivity index (χ0n) is 15.4. The van der Waals surface area contributed by atoms with Crippen LogP contribution in [0.5, 0.6) is 0 Å². The summed E-state index contributed by atoms with van der Waals surface area (Å²) in [6.45, 7) is 0. The molecule has 1 atom stereocenters. The van der Waals surface area contributed by atoms with Crippen LogP contribution in [0.15, 0.2) is 42.1 Å². The van der Waals surface area contributed by atoms with Crippen molar-refractivity contribution in [3.8, 4) is 0 Å². The molecule has 8 nitrogen and oxygen atoms in total. The fourth-order valence-corrected chi connectivity index (χ4v) is 3.48. The van der Waals surface area contributed by atoms with E-state index in [2.05, 4.69) is 21.0 Å². The first-order valence-corrected chi connectivity index (χ1v) is 9.81. The van der Waals surface area contributed by atoms with E-state index in [0.29, 0.717) is 33.7 Å². The number of benzene rings is 1. The van der Waals surface area contributed by atoms with Gasteiger partial charge in [-0.1, -0.05) is 23.7 Å². The fourth-order valence-electron chi connectivity index (χ4n) is 3.29. The van der Waals surface area contributed by atoms with Gasteiger partial charge in [0.05, 0.1) is 16.9 Å². The van der Waals surface area contributed by atoms with Crippen molar-refractivity contribution in [1.29, 1.82) is 0 Å². The Kier molecular flexibility index (Phi) is 4.37. The Morgan fingerprint density at radius 2 is 2.14 bits per heavy atom. The van der Waals surface area contributed by atoms with Crippen molar-refractivity contribution in [1.82, 2.24) is 19.9 Å². The Balaban J connectivity index is 1.58. The average molecular weight is 411 g/mol. The molecular weight excluding hydrogens is 392 g/mol. The molecule has 5 rings (SSSR count). The van der Waals surface area contributed by atoms with Gasteiger partial charge in [0.2, 0.25) is 5.91 Å². The molecule has 1 aliphatic carbocycles. The molecule has 29 heavy (non-hydrogen) atoms. The van der Waals surface area contributed by atoms with Crippen molar-refractivity contribution in [2.75, 3.05) is 10.6 Å². The molecule has 9 heteroatoms. The van der Waals surface area contributed by atoms with Gasteiger partial charge in [-0.3, -0.25) is 4.79 Å². The topological polar surface area (TPSA) is 104 Å². The van der Waals surface area contributed by atoms with Crippen molar-refractivity contribution in [3.05, 3.63) is 52.7 Å². The normalized spacial score (nSPS) is 20.3. The van der Waals surface area contributed by atoms with Crippen LogP contribution in [0.3, 0.4) is 0 Å². The van der Waals surface area contributed by atoms with Crippen LogP contribution >= 0.6 is 11.6 Å². The molecule has 1 unspecified atom stereocenters. The van der Waals surface area contributed by atoms with E-state index >= 15 is 0 Å². The van der Waals surface area contributed by atoms with E-state index in [1.165, 1.54) is 0 Å². The highest BCUT2D eigenvalue weighted by Gasteiger charge is 2.26. The van der Waals surface area contributed by atoms with Crippen LogP contribution < -0.4 is 16.0 Å². The predicted molar refractivity (Wildman–Crippen MR) is 111 cm³/mol. The average Bonchev–Trinajstić information content (AvgIpc) is 3.33. The summed E-state index contributed by atoms with van der Waals surface area (Å²) < 4.78 is 1.73. The van der Waals surface area contributed by atoms with Crippen LogP contribution in [0, 0.1) is 0 Å². The molecular formula is C20H19ClN6O2. The number of para-hydroxylation sites is 1. The second-order valence-electron chi connectivity index (χ2n) is 7.25. The number of aliphatic hydroxyl groups is 1. The third-order valence-corrected chi connectivity index (χ3v) is 5.23. The van der Waals surface area contributed by atoms with Crippen molar-refractivity contribution in [3.63, 3.8) is 0 Å². The number of nitrogens with zero attached hydrogens (tertiary/aromatic N) is 3. The molecule has 1 saturated carbocycles. The number of amides is 1. The van der Waals surface area contributed by atoms with Crippen LogP contribution in [0.2, 0.25) is 5.02 Å². The smallest absolute Gasteiger partial charge is 0.249 e. The van der Waals surface area contributed by atoms with Gasteiger partial charge in [0.25, 0.3) is 0 Å². The molecule has 148 valence electrons. The highest BCUT2D eigenvalue weighted by Crippen LogP contribution is 2.30. The lowest BCUT2D eigenvalue weighted by Crippen LogP contribution is -2.24. The Hall–Kier alpha value is -3.10. The molecule has 1 aliphatic heterocycles. The molecule has 0 spiro atoms. The fraction of sp³-hybridized carbons (Fsp3) is 0.250. The van der Waals surface area contributed by atoms with Crippen molar-refractivity contribution in [2.45, 2.75) is 31.5 Å². The van der Waals surface area contributed by atoms with Gasteiger partial charge >= 0.3 is 0 Å². The van der Waals surface area contributed by atoms with Crippen molar-refractivity contribution < 1.29 is 9.90 Å². The number of anilines is 3. The number of aliphatic hydroxyl groups excluding tert-OH is 1. The van der Waals surface area contributed by atoms with Gasteiger partial charge in [0.15, 0.2) is 5.65 Å². The molecule has 1 aromatic carbocycles. The number of hydrogen-bond donors (Lipinski definition) is 4. The quantitative estimate of drug-likeness (QED) is 0.482. The maximum atomic E-state index is 12.0. The Bertz CT molecular complexity index is 1140. The van der Waals surface area contributed by atoms with Crippen LogP contribution in [-0.2, 0) is 4.79 Å². The minimum atomic E-state index is -0.854. The van der Waals surface area contributed by atoms with Gasteiger partial charge in [0.1, 0.15) is 17.9 Å². The largest absolute Gasteiger partial charge is 0.373 e. The van der Waals surface area contributed by atoms with Gasteiger partial charge in [-0.15, -0.1) is 0 Å². The van der Waals surface area contributed by atoms with E-state index in [1.807, 2.05) is 30.3 Å². The van der Waals surface area contributed by atoms with E-state index < -0.39 is 6.23 Å². The monoisotopic (exact) mass is 410 g/mol. The summed E-state index contributed by atoms with van der Waals surface area (Å²) in [6.07, 6.45) is 5.03. The molecule has 3 heterocycles. The number of halogens is 1. The van der Waals surface area contributed by atoms with Crippen molar-refractivity contribution >= 4 is 46.6 Å². The predicted octanol–water partition coefficient (Wildman–Crippen LogP) is 2.92. The van der Waals surface area contributed by atoms with E-state index in [9.17, 15) is 9.90 Å². The number of nitrogens with one attached hydrogen (secondary N) is 3. The summed E-state index contributed by atoms with van der Waals surface area (Å²) in [5.74, 6) is 1.15. The second kappa shape index (κ2) is 7.06. The van der Waals surface area contributed by atoms with Gasteiger partial charge < -0.3 is 21.1 Å². The van der Waals surface area contributed by atoms with Gasteiger partial charge in [-0.05, 0) is 31.1 Å². The van der Waals surface area contributed by atoms with Crippen LogP contribution in [0.4, 0.5) is 17.3 Å². The maximum Gasteiger partial charge on any atom is 0.249 e. The first-order chi connectivity index (χ1) is 14.1. The zero-order chi connectivity index (χ0) is 20.0. The van der Waals surface area contributed by atoms with Crippen LogP contribution in [-0.4, -0.2) is 37.9 Å². The molecule has 4 N–H and O–H groups in total. The number of aromatic nitrogens is 3. The standard InChI is InChI=1S/C20H19ClN6O2/c21-14-3-1-2-4-15(14)24-16-9-17(23-13-5-6-13)27-19(25-16)12(10-22-27)7-11-8-18(28)26-20(11)29/h1-4,7,9-10,13,18,23,28H,5-6,8H2,(H,24,25)(H,26,29)/b11-7+. The van der Waals surface area contributed by atoms with Crippen LogP contribution in [0.1, 0.15) is 24.8 Å². The first kappa shape index (κ1) is 18.0. The molecule has 0 bridgehead atoms. The number of hydrogen-bond acceptors (Lipinski definition) is 6. The van der Waals surface area contributed by atoms with Crippen LogP contribution in [0.25, 0.3) is 11.7 Å². The van der Waals surface area contributed by atoms with E-state index in [4.69, 9.17) is 16.6 Å². The maximum absolute atomic E-state index is 12.0. The summed E-state index contributed by atoms with van der Waals surface area (Å²) in [5.41, 5.74) is 2.55. The molecule has 2 fully saturated rings. The molecule has 3 aromatic rings. The number of rotatable bonds is 5. The second-order valence-corrected chi connectivity index (χ2v) is 7.66. The summed E-state index contributed by atoms with van der Waals surface area (Å²) >= 11 is 6.28. The third-order valence-electron chi connectivity index (χ3n) is 4.90. The minimum absolute atomic E-state index is 0.251. The Morgan fingerprint density at radius 1 is 1.31 bits per heavy atom. The lowest BCUT2D eigenvalue weighted by atomic mass is 10.1. The summed E-state index contributed by atoms with van der Waals surface area (Å²) in [4.78, 5) is 16.7. The van der Waals surface area contributed by atoms with E-state index in [1.54, 1.807) is 16.8 Å². The summed E-state index contributed by atoms with van der Waals surface area (Å²) in [6, 6.07) is 9.78. The molecule has 1 amide bonds. The molecule has 1 saturated heterocycles. The van der Waals surface area contributed by atoms with Gasteiger partial charge in [0, 0.05) is 29.7 Å². The molecule has 2 aliphatic rings. The van der Waals surface area contributed by atoms with Crippen molar-refractivity contribution in [2.24, 2.45) is 0 Å². The number of carbonyl (C=O) groups excluding carboxylic acids is 1. The molecule has 2 aromatic heterocycles. The third kappa shape index (κ3) is 3.64. The minimum Gasteiger partial charge on any atom is -0.373 e. The lowest BCUT2D eigenvalue weighted by molar-refractivity contribution is -0.117. The number of fused-ring (bicyclic) bond motifs is 1. The lowest BCUT2D eigenvalue weighted by Gasteiger charge is -2.12. The number of carbonyl (C=O) groups is 1. The first-order valence-electron chi connectivity index (χ1n) is 9.43. The molecule has 0 radical (unpaired) electrons. The Labute approximate surface area is 171 Å². The Morgan fingerprint density at radius 3 is 2.86 bits per heavy atom. The van der Waals surface area contributed by atoms with E-state index in [0.717, 1.165) is 24.3 Å². The summed E-state index contributed by atoms with van der Waals surface area (Å²) in [7, 11) is 0. The highest BCUT2D eigenvalue weighted by atomic mass is 35.5. The van der Waals surface area contributed by atoms with Gasteiger partial charge in [-0.25, -0.2) is 4.98 Å². The summed E-state index contributed by atoms with van der Waals surface area (Å²) in [5, 5.41) is 23.9. The van der Waals surface area contributed by atoms with Gasteiger partial charge in [-0.2, -0.15) is 9.61 Å².